The Morgan fingerprint density at radius 3 is 0.989 bits per heavy atom. The molecule has 18 heteroatoms. The monoisotopic (exact) mass is 1210 g/mol. The van der Waals surface area contributed by atoms with Gasteiger partial charge in [0, 0.05) is 23.5 Å². The second kappa shape index (κ2) is 25.2. The summed E-state index contributed by atoms with van der Waals surface area (Å²) in [5, 5.41) is 19.8. The number of ether oxygens (including phenoxy) is 10. The molecule has 12 rings (SSSR count). The van der Waals surface area contributed by atoms with Crippen LogP contribution in [0.2, 0.25) is 0 Å². The fourth-order valence-electron chi connectivity index (χ4n) is 13.5. The van der Waals surface area contributed by atoms with Crippen LogP contribution in [-0.2, 0) is 58.6 Å². The molecule has 0 saturated carbocycles. The Morgan fingerprint density at radius 2 is 0.744 bits per heavy atom. The molecule has 0 bridgehead atoms. The first kappa shape index (κ1) is 62.7. The topological polar surface area (TPSA) is 236 Å². The van der Waals surface area contributed by atoms with Crippen LogP contribution < -0.4 is 11.5 Å². The molecule has 0 spiro atoms. The number of aromatic nitrogens is 2. The fourth-order valence-corrected chi connectivity index (χ4v) is 13.5. The molecule has 4 N–H and O–H groups in total. The summed E-state index contributed by atoms with van der Waals surface area (Å²) in [5.74, 6) is -1.88. The lowest BCUT2D eigenvalue weighted by atomic mass is 9.80. The molecule has 90 heavy (non-hydrogen) atoms. The molecule has 8 aromatic rings. The summed E-state index contributed by atoms with van der Waals surface area (Å²) in [5.41, 5.74) is 15.8. The Morgan fingerprint density at radius 1 is 0.478 bits per heavy atom. The number of rotatable bonds is 16. The van der Waals surface area contributed by atoms with Gasteiger partial charge >= 0.3 is 12.2 Å². The fraction of sp³-hybridized carbons (Fsp3) is 0.333. The van der Waals surface area contributed by atoms with E-state index >= 15 is 0 Å². The van der Waals surface area contributed by atoms with Crippen LogP contribution in [0.5, 0.6) is 0 Å². The van der Waals surface area contributed by atoms with Crippen molar-refractivity contribution >= 4 is 23.6 Å². The summed E-state index contributed by atoms with van der Waals surface area (Å²) in [7, 11) is 0. The van der Waals surface area contributed by atoms with Crippen LogP contribution >= 0.6 is 0 Å². The van der Waals surface area contributed by atoms with Crippen LogP contribution in [0.1, 0.15) is 123 Å². The molecule has 6 heterocycles. The van der Waals surface area contributed by atoms with Crippen LogP contribution in [0.4, 0.5) is 21.0 Å². The number of carbonyl (C=O) groups excluding carboxylic acids is 2. The first-order valence-corrected chi connectivity index (χ1v) is 30.1. The van der Waals surface area contributed by atoms with Crippen LogP contribution in [0.15, 0.2) is 194 Å². The molecule has 0 amide bonds. The molecular formula is C72H74N6O12. The number of hydrogen-bond donors (Lipinski definition) is 2. The van der Waals surface area contributed by atoms with Gasteiger partial charge in [0.15, 0.2) is 23.0 Å². The van der Waals surface area contributed by atoms with E-state index in [0.29, 0.717) is 11.1 Å². The highest BCUT2D eigenvalue weighted by molar-refractivity contribution is 5.78. The predicted molar refractivity (Wildman–Crippen MR) is 334 cm³/mol. The van der Waals surface area contributed by atoms with Gasteiger partial charge in [0.05, 0.1) is 37.8 Å². The third-order valence-corrected chi connectivity index (χ3v) is 17.1. The third kappa shape index (κ3) is 11.2. The summed E-state index contributed by atoms with van der Waals surface area (Å²) >= 11 is 0. The number of nitriles is 2. The second-order valence-electron chi connectivity index (χ2n) is 23.8. The number of benzene rings is 6. The molecule has 4 fully saturated rings. The van der Waals surface area contributed by atoms with Crippen molar-refractivity contribution in [3.05, 3.63) is 250 Å². The molecule has 8 atom stereocenters. The van der Waals surface area contributed by atoms with Crippen molar-refractivity contribution in [3.63, 3.8) is 0 Å². The van der Waals surface area contributed by atoms with Gasteiger partial charge in [0.2, 0.25) is 0 Å². The zero-order valence-electron chi connectivity index (χ0n) is 51.6. The Hall–Kier alpha value is -8.92. The molecule has 0 unspecified atom stereocenters. The van der Waals surface area contributed by atoms with E-state index in [9.17, 15) is 20.1 Å². The molecule has 18 nitrogen and oxygen atoms in total. The van der Waals surface area contributed by atoms with Crippen LogP contribution in [0.25, 0.3) is 0 Å². The molecule has 0 aliphatic carbocycles. The minimum atomic E-state index is -1.02. The minimum absolute atomic E-state index is 0.0266. The first-order valence-electron chi connectivity index (χ1n) is 30.1. The average molecular weight is 1220 g/mol. The van der Waals surface area contributed by atoms with Gasteiger partial charge in [0.25, 0.3) is 0 Å². The van der Waals surface area contributed by atoms with E-state index in [-0.39, 0.29) is 49.2 Å². The van der Waals surface area contributed by atoms with E-state index in [1.54, 1.807) is 13.8 Å². The van der Waals surface area contributed by atoms with Crippen molar-refractivity contribution in [2.75, 3.05) is 37.9 Å². The number of hydrogen-bond acceptors (Lipinski definition) is 16. The van der Waals surface area contributed by atoms with Gasteiger partial charge in [-0.1, -0.05) is 182 Å². The minimum Gasteiger partial charge on any atom is -0.449 e. The lowest BCUT2D eigenvalue weighted by Gasteiger charge is -2.37. The quantitative estimate of drug-likeness (QED) is 0.0856. The number of nitrogens with zero attached hydrogens (tertiary/aromatic N) is 4. The van der Waals surface area contributed by atoms with Gasteiger partial charge in [-0.05, 0) is 88.8 Å². The van der Waals surface area contributed by atoms with Gasteiger partial charge in [-0.25, -0.2) is 18.7 Å². The lowest BCUT2D eigenvalue weighted by molar-refractivity contribution is -0.210. The van der Waals surface area contributed by atoms with E-state index in [0.717, 1.165) is 42.5 Å². The molecule has 464 valence electrons. The lowest BCUT2D eigenvalue weighted by Crippen LogP contribution is -2.42. The smallest absolute Gasteiger partial charge is 0.419 e. The van der Waals surface area contributed by atoms with E-state index in [2.05, 4.69) is 72.8 Å². The highest BCUT2D eigenvalue weighted by atomic mass is 16.8. The summed E-state index contributed by atoms with van der Waals surface area (Å²) in [4.78, 5) is 25.4. The van der Waals surface area contributed by atoms with Crippen molar-refractivity contribution < 1.29 is 57.0 Å². The Labute approximate surface area is 524 Å². The molecular weight excluding hydrogens is 1140 g/mol. The maximum Gasteiger partial charge on any atom is 0.419 e. The van der Waals surface area contributed by atoms with Gasteiger partial charge < -0.3 is 58.8 Å². The molecule has 2 aromatic heterocycles. The summed E-state index contributed by atoms with van der Waals surface area (Å²) in [6, 6.07) is 64.6. The van der Waals surface area contributed by atoms with Crippen molar-refractivity contribution in [2.45, 2.75) is 126 Å². The Bertz CT molecular complexity index is 3460. The standard InChI is InChI=1S/2C36H37N3O6/c2*1-5-41-33(40)39-22-27(30(38)28(39)21-37)31-35(4)32(44-34(2,3)45-35)29(43-31)23-42-36(24-15-9-6-10-16-24,25-17-11-7-12-18-25)26-19-13-8-14-20-26/h2*6-20,22,29,31-32H,5,23,38H2,1-4H3/t29-,31+,32-,35+;29-,31-,32-,35+/m11/s1. The van der Waals surface area contributed by atoms with Crippen molar-refractivity contribution in [1.82, 2.24) is 9.13 Å². The average Bonchev–Trinajstić information content (AvgIpc) is 1.56. The van der Waals surface area contributed by atoms with E-state index in [1.807, 2.05) is 163 Å². The summed E-state index contributed by atoms with van der Waals surface area (Å²) in [6.07, 6.45) is -2.29. The van der Waals surface area contributed by atoms with Gasteiger partial charge in [-0.3, -0.25) is 0 Å². The Balaban J connectivity index is 0.000000185. The maximum absolute atomic E-state index is 12.7. The number of nitrogens with two attached hydrogens (primary N) is 2. The SMILES string of the molecule is CCOC(=O)n1cc([C@@H]2O[C@H](COC(c3ccccc3)(c3ccccc3)c3ccccc3)[C@H]3OC(C)(C)O[C@]32C)c(N)c1C#N.CCOC(=O)n1cc([C@H]2O[C@H](COC(c3ccccc3)(c3ccccc3)c3ccccc3)[C@H]3OC(C)(C)O[C@@]23C)c(N)c1C#N. The number of carbonyl (C=O) groups is 2. The molecule has 0 radical (unpaired) electrons. The van der Waals surface area contributed by atoms with E-state index in [4.69, 9.17) is 58.8 Å². The van der Waals surface area contributed by atoms with Crippen LogP contribution in [-0.4, -0.2) is 94.9 Å². The zero-order valence-corrected chi connectivity index (χ0v) is 51.6. The largest absolute Gasteiger partial charge is 0.449 e. The van der Waals surface area contributed by atoms with Crippen molar-refractivity contribution in [1.29, 1.82) is 10.5 Å². The molecule has 4 aliphatic rings. The van der Waals surface area contributed by atoms with Gasteiger partial charge in [-0.2, -0.15) is 10.5 Å². The molecule has 4 saturated heterocycles. The highest BCUT2D eigenvalue weighted by Gasteiger charge is 2.66. The number of nitrogen functional groups attached to an aromatic ring is 2. The van der Waals surface area contributed by atoms with Crippen LogP contribution in [0.3, 0.4) is 0 Å². The van der Waals surface area contributed by atoms with Crippen LogP contribution in [0, 0.1) is 22.7 Å². The summed E-state index contributed by atoms with van der Waals surface area (Å²) < 4.78 is 66.2. The van der Waals surface area contributed by atoms with Crippen molar-refractivity contribution in [2.24, 2.45) is 0 Å². The first-order chi connectivity index (χ1) is 43.3. The Kier molecular flexibility index (Phi) is 17.5. The van der Waals surface area contributed by atoms with Crippen molar-refractivity contribution in [3.8, 4) is 12.1 Å². The normalized spacial score (nSPS) is 23.8. The maximum atomic E-state index is 12.7. The highest BCUT2D eigenvalue weighted by Crippen LogP contribution is 2.57. The van der Waals surface area contributed by atoms with Gasteiger partial charge in [-0.15, -0.1) is 0 Å². The second-order valence-corrected chi connectivity index (χ2v) is 23.8. The predicted octanol–water partition coefficient (Wildman–Crippen LogP) is 12.6. The molecule has 6 aromatic carbocycles. The summed E-state index contributed by atoms with van der Waals surface area (Å²) in [6.45, 7) is 15.1. The van der Waals surface area contributed by atoms with E-state index < -0.39 is 82.8 Å². The molecule has 4 aliphatic heterocycles. The number of anilines is 2. The van der Waals surface area contributed by atoms with Gasteiger partial charge in [0.1, 0.15) is 71.2 Å². The zero-order chi connectivity index (χ0) is 63.6. The van der Waals surface area contributed by atoms with E-state index in [1.165, 1.54) is 12.4 Å². The number of fused-ring (bicyclic) bond motifs is 2. The third-order valence-electron chi connectivity index (χ3n) is 17.1.